The number of halogens is 1. The van der Waals surface area contributed by atoms with Crippen LogP contribution >= 0.6 is 22.9 Å². The molecule has 5 nitrogen and oxygen atoms in total. The highest BCUT2D eigenvalue weighted by Crippen LogP contribution is 2.25. The number of fused-ring (bicyclic) bond motifs is 1. The molecule has 0 aliphatic heterocycles. The lowest BCUT2D eigenvalue weighted by atomic mass is 10.3. The summed E-state index contributed by atoms with van der Waals surface area (Å²) in [6, 6.07) is 7.07. The van der Waals surface area contributed by atoms with Gasteiger partial charge in [-0.15, -0.1) is 11.3 Å². The normalized spacial score (nSPS) is 12.1. The number of hydrogen-bond acceptors (Lipinski definition) is 4. The lowest BCUT2D eigenvalue weighted by Gasteiger charge is -2.02. The van der Waals surface area contributed by atoms with Crippen molar-refractivity contribution in [3.05, 3.63) is 52.3 Å². The summed E-state index contributed by atoms with van der Waals surface area (Å²) in [5.74, 6) is 0. The van der Waals surface area contributed by atoms with Gasteiger partial charge >= 0.3 is 0 Å². The Hall–Kier alpha value is -1.41. The third-order valence-corrected chi connectivity index (χ3v) is 6.34. The zero-order chi connectivity index (χ0) is 15.7. The van der Waals surface area contributed by atoms with Gasteiger partial charge in [0, 0.05) is 25.4 Å². The predicted octanol–water partition coefficient (Wildman–Crippen LogP) is 2.88. The summed E-state index contributed by atoms with van der Waals surface area (Å²) < 4.78 is 29.3. The van der Waals surface area contributed by atoms with Crippen molar-refractivity contribution in [3.63, 3.8) is 0 Å². The van der Waals surface area contributed by atoms with E-state index in [2.05, 4.69) is 9.71 Å². The van der Waals surface area contributed by atoms with Gasteiger partial charge in [0.1, 0.15) is 9.86 Å². The molecule has 0 fully saturated rings. The number of pyridine rings is 1. The molecular formula is C14H14ClN3O2S2. The average Bonchev–Trinajstić information content (AvgIpc) is 3.04. The Bertz CT molecular complexity index is 915. The minimum Gasteiger partial charge on any atom is -0.307 e. The van der Waals surface area contributed by atoms with Gasteiger partial charge in [-0.25, -0.2) is 18.1 Å². The number of thiophene rings is 1. The second kappa shape index (κ2) is 6.00. The molecule has 116 valence electrons. The number of imidazole rings is 1. The standard InChI is InChI=1S/C14H14ClN3O2S2/c1-10-5-7-18-9-11(17-13(18)8-10)4-6-16-22(19,20)14-3-2-12(15)21-14/h2-3,5,7-9,16H,4,6H2,1H3. The molecule has 0 aliphatic rings. The molecule has 0 radical (unpaired) electrons. The number of sulfonamides is 1. The third kappa shape index (κ3) is 3.33. The SMILES string of the molecule is Cc1ccn2cc(CCNS(=O)(=O)c3ccc(Cl)s3)nc2c1. The maximum absolute atomic E-state index is 12.1. The van der Waals surface area contributed by atoms with Gasteiger partial charge in [-0.2, -0.15) is 0 Å². The summed E-state index contributed by atoms with van der Waals surface area (Å²) in [6.45, 7) is 2.30. The summed E-state index contributed by atoms with van der Waals surface area (Å²) in [4.78, 5) is 4.48. The van der Waals surface area contributed by atoms with Gasteiger partial charge in [-0.1, -0.05) is 11.6 Å². The minimum absolute atomic E-state index is 0.225. The fraction of sp³-hybridized carbons (Fsp3) is 0.214. The molecule has 0 saturated heterocycles. The van der Waals surface area contributed by atoms with Gasteiger partial charge in [-0.3, -0.25) is 0 Å². The Morgan fingerprint density at radius 3 is 2.91 bits per heavy atom. The van der Waals surface area contributed by atoms with E-state index in [9.17, 15) is 8.42 Å². The monoisotopic (exact) mass is 355 g/mol. The summed E-state index contributed by atoms with van der Waals surface area (Å²) in [6.07, 6.45) is 4.38. The first-order chi connectivity index (χ1) is 10.4. The molecule has 1 N–H and O–H groups in total. The van der Waals surface area contributed by atoms with Crippen molar-refractivity contribution in [1.29, 1.82) is 0 Å². The van der Waals surface area contributed by atoms with Crippen molar-refractivity contribution in [2.45, 2.75) is 17.6 Å². The lowest BCUT2D eigenvalue weighted by Crippen LogP contribution is -2.25. The molecule has 3 aromatic heterocycles. The van der Waals surface area contributed by atoms with Gasteiger partial charge in [-0.05, 0) is 36.8 Å². The first kappa shape index (κ1) is 15.5. The maximum atomic E-state index is 12.1. The van der Waals surface area contributed by atoms with E-state index in [0.29, 0.717) is 17.3 Å². The van der Waals surface area contributed by atoms with Crippen LogP contribution in [0.15, 0.2) is 40.9 Å². The van der Waals surface area contributed by atoms with Gasteiger partial charge in [0.25, 0.3) is 0 Å². The molecule has 22 heavy (non-hydrogen) atoms. The largest absolute Gasteiger partial charge is 0.307 e. The molecule has 0 atom stereocenters. The molecule has 3 aromatic rings. The second-order valence-electron chi connectivity index (χ2n) is 4.91. The summed E-state index contributed by atoms with van der Waals surface area (Å²) in [7, 11) is -3.50. The smallest absolute Gasteiger partial charge is 0.250 e. The molecule has 3 rings (SSSR count). The van der Waals surface area contributed by atoms with Crippen molar-refractivity contribution in [2.75, 3.05) is 6.54 Å². The van der Waals surface area contributed by atoms with Crippen LogP contribution in [0, 0.1) is 6.92 Å². The number of aromatic nitrogens is 2. The summed E-state index contributed by atoms with van der Waals surface area (Å²) in [5.41, 5.74) is 2.85. The number of nitrogens with one attached hydrogen (secondary N) is 1. The highest BCUT2D eigenvalue weighted by Gasteiger charge is 2.16. The van der Waals surface area contributed by atoms with Crippen molar-refractivity contribution >= 4 is 38.6 Å². The highest BCUT2D eigenvalue weighted by molar-refractivity contribution is 7.91. The highest BCUT2D eigenvalue weighted by atomic mass is 35.5. The number of aryl methyl sites for hydroxylation is 1. The van der Waals surface area contributed by atoms with E-state index in [1.54, 1.807) is 6.07 Å². The molecule has 3 heterocycles. The molecule has 0 saturated carbocycles. The van der Waals surface area contributed by atoms with Crippen molar-refractivity contribution in [3.8, 4) is 0 Å². The molecule has 8 heteroatoms. The Labute approximate surface area is 137 Å². The molecule has 0 amide bonds. The number of rotatable bonds is 5. The van der Waals surface area contributed by atoms with Crippen LogP contribution in [-0.4, -0.2) is 24.3 Å². The Morgan fingerprint density at radius 2 is 2.18 bits per heavy atom. The summed E-state index contributed by atoms with van der Waals surface area (Å²) in [5, 5.41) is 0. The van der Waals surface area contributed by atoms with Gasteiger partial charge in [0.15, 0.2) is 0 Å². The second-order valence-corrected chi connectivity index (χ2v) is 8.62. The van der Waals surface area contributed by atoms with E-state index >= 15 is 0 Å². The third-order valence-electron chi connectivity index (χ3n) is 3.15. The van der Waals surface area contributed by atoms with E-state index in [4.69, 9.17) is 11.6 Å². The molecule has 0 bridgehead atoms. The van der Waals surface area contributed by atoms with E-state index in [-0.39, 0.29) is 4.21 Å². The van der Waals surface area contributed by atoms with Crippen LogP contribution in [0.3, 0.4) is 0 Å². The number of hydrogen-bond donors (Lipinski definition) is 1. The lowest BCUT2D eigenvalue weighted by molar-refractivity contribution is 0.583. The fourth-order valence-electron chi connectivity index (χ4n) is 2.08. The van der Waals surface area contributed by atoms with E-state index in [1.807, 2.05) is 35.9 Å². The zero-order valence-corrected chi connectivity index (χ0v) is 14.2. The van der Waals surface area contributed by atoms with E-state index in [1.165, 1.54) is 6.07 Å². The quantitative estimate of drug-likeness (QED) is 0.765. The Balaban J connectivity index is 1.67. The van der Waals surface area contributed by atoms with Crippen molar-refractivity contribution in [1.82, 2.24) is 14.1 Å². The topological polar surface area (TPSA) is 63.5 Å². The molecular weight excluding hydrogens is 342 g/mol. The van der Waals surface area contributed by atoms with Gasteiger partial charge in [0.2, 0.25) is 10.0 Å². The van der Waals surface area contributed by atoms with Crippen LogP contribution in [0.4, 0.5) is 0 Å². The van der Waals surface area contributed by atoms with Crippen molar-refractivity contribution in [2.24, 2.45) is 0 Å². The first-order valence-corrected chi connectivity index (χ1v) is 9.31. The van der Waals surface area contributed by atoms with Crippen LogP contribution < -0.4 is 4.72 Å². The Morgan fingerprint density at radius 1 is 1.36 bits per heavy atom. The van der Waals surface area contributed by atoms with Gasteiger partial charge in [0.05, 0.1) is 10.0 Å². The predicted molar refractivity (Wildman–Crippen MR) is 88.2 cm³/mol. The van der Waals surface area contributed by atoms with Crippen molar-refractivity contribution < 1.29 is 8.42 Å². The molecule has 0 spiro atoms. The zero-order valence-electron chi connectivity index (χ0n) is 11.8. The van der Waals surface area contributed by atoms with Gasteiger partial charge < -0.3 is 4.40 Å². The Kier molecular flexibility index (Phi) is 4.22. The van der Waals surface area contributed by atoms with Crippen LogP contribution in [0.25, 0.3) is 5.65 Å². The molecule has 0 aliphatic carbocycles. The van der Waals surface area contributed by atoms with Crippen LogP contribution in [0.1, 0.15) is 11.3 Å². The van der Waals surface area contributed by atoms with E-state index in [0.717, 1.165) is 28.2 Å². The maximum Gasteiger partial charge on any atom is 0.250 e. The summed E-state index contributed by atoms with van der Waals surface area (Å²) >= 11 is 6.81. The van der Waals surface area contributed by atoms with Crippen LogP contribution in [0.2, 0.25) is 4.34 Å². The van der Waals surface area contributed by atoms with E-state index < -0.39 is 10.0 Å². The van der Waals surface area contributed by atoms with Crippen LogP contribution in [-0.2, 0) is 16.4 Å². The first-order valence-electron chi connectivity index (χ1n) is 6.63. The van der Waals surface area contributed by atoms with Crippen LogP contribution in [0.5, 0.6) is 0 Å². The number of nitrogens with zero attached hydrogens (tertiary/aromatic N) is 2. The molecule has 0 unspecified atom stereocenters. The average molecular weight is 356 g/mol. The fourth-order valence-corrected chi connectivity index (χ4v) is 4.64. The minimum atomic E-state index is -3.50. The molecule has 0 aromatic carbocycles.